The minimum atomic E-state index is -1.68. The van der Waals surface area contributed by atoms with Crippen LogP contribution in [0.1, 0.15) is 12.5 Å². The summed E-state index contributed by atoms with van der Waals surface area (Å²) < 4.78 is 0. The number of rotatable bonds is 5. The van der Waals surface area contributed by atoms with E-state index >= 15 is 0 Å². The Morgan fingerprint density at radius 3 is 2.72 bits per heavy atom. The highest BCUT2D eigenvalue weighted by Crippen LogP contribution is 2.36. The summed E-state index contributed by atoms with van der Waals surface area (Å²) in [6.07, 6.45) is 9.05. The van der Waals surface area contributed by atoms with Gasteiger partial charge in [0.2, 0.25) is 0 Å². The molecule has 0 radical (unpaired) electrons. The van der Waals surface area contributed by atoms with Gasteiger partial charge in [-0.15, -0.1) is 0 Å². The molecule has 5 heteroatoms. The van der Waals surface area contributed by atoms with Crippen molar-refractivity contribution in [2.24, 2.45) is 5.50 Å². The van der Waals surface area contributed by atoms with Gasteiger partial charge in [-0.25, -0.2) is 4.98 Å². The van der Waals surface area contributed by atoms with Gasteiger partial charge in [0.05, 0.1) is 0 Å². The largest absolute Gasteiger partial charge is 0.356 e. The van der Waals surface area contributed by atoms with Crippen LogP contribution in [0.4, 0.5) is 0 Å². The lowest BCUT2D eigenvalue weighted by molar-refractivity contribution is 0.633. The van der Waals surface area contributed by atoms with Crippen LogP contribution < -0.4 is 5.50 Å². The van der Waals surface area contributed by atoms with Crippen LogP contribution in [0.15, 0.2) is 78.9 Å². The summed E-state index contributed by atoms with van der Waals surface area (Å²) in [5.74, 6) is 0. The SMILES string of the molecule is C=C/C=C(\C=C(/C)c1c[nH]c2ncc(-c3ccccc3)cc12)P(N)O. The van der Waals surface area contributed by atoms with E-state index in [0.29, 0.717) is 5.31 Å². The zero-order valence-corrected chi connectivity index (χ0v) is 14.9. The number of nitrogens with one attached hydrogen (secondary N) is 1. The van der Waals surface area contributed by atoms with Gasteiger partial charge in [0.15, 0.2) is 0 Å². The molecule has 4 N–H and O–H groups in total. The third-order valence-electron chi connectivity index (χ3n) is 3.98. The number of aromatic amines is 1. The Bertz CT molecular complexity index is 955. The molecule has 0 amide bonds. The number of benzene rings is 1. The first-order valence-corrected chi connectivity index (χ1v) is 9.24. The second-order valence-corrected chi connectivity index (χ2v) is 6.89. The molecule has 3 aromatic rings. The lowest BCUT2D eigenvalue weighted by atomic mass is 10.0. The lowest BCUT2D eigenvalue weighted by Crippen LogP contribution is -1.89. The molecule has 2 heterocycles. The fourth-order valence-corrected chi connectivity index (χ4v) is 3.31. The number of allylic oxidation sites excluding steroid dienone is 5. The molecule has 0 aliphatic rings. The number of hydrogen-bond donors (Lipinski definition) is 3. The Balaban J connectivity index is 2.08. The van der Waals surface area contributed by atoms with E-state index in [9.17, 15) is 4.89 Å². The van der Waals surface area contributed by atoms with Gasteiger partial charge in [-0.3, -0.25) is 5.50 Å². The predicted molar refractivity (Wildman–Crippen MR) is 107 cm³/mol. The highest BCUT2D eigenvalue weighted by atomic mass is 31.2. The lowest BCUT2D eigenvalue weighted by Gasteiger charge is -2.07. The summed E-state index contributed by atoms with van der Waals surface area (Å²) >= 11 is 0. The van der Waals surface area contributed by atoms with Gasteiger partial charge in [-0.1, -0.05) is 49.1 Å². The van der Waals surface area contributed by atoms with Crippen LogP contribution in [-0.2, 0) is 0 Å². The number of aromatic nitrogens is 2. The van der Waals surface area contributed by atoms with Gasteiger partial charge in [0.25, 0.3) is 0 Å². The highest BCUT2D eigenvalue weighted by Gasteiger charge is 2.10. The van der Waals surface area contributed by atoms with E-state index in [-0.39, 0.29) is 0 Å². The van der Waals surface area contributed by atoms with Gasteiger partial charge in [0, 0.05) is 34.2 Å². The average Bonchev–Trinajstić information content (AvgIpc) is 3.05. The topological polar surface area (TPSA) is 74.9 Å². The van der Waals surface area contributed by atoms with Crippen molar-refractivity contribution in [1.82, 2.24) is 9.97 Å². The van der Waals surface area contributed by atoms with Crippen molar-refractivity contribution in [1.29, 1.82) is 0 Å². The van der Waals surface area contributed by atoms with Crippen LogP contribution >= 0.6 is 8.30 Å². The Kier molecular flexibility index (Phi) is 5.25. The van der Waals surface area contributed by atoms with Crippen molar-refractivity contribution in [2.45, 2.75) is 6.92 Å². The Morgan fingerprint density at radius 1 is 1.28 bits per heavy atom. The van der Waals surface area contributed by atoms with Crippen LogP contribution in [0.2, 0.25) is 0 Å². The van der Waals surface area contributed by atoms with Crippen LogP contribution in [0.25, 0.3) is 27.7 Å². The number of pyridine rings is 1. The molecule has 1 aromatic carbocycles. The molecule has 1 unspecified atom stereocenters. The minimum Gasteiger partial charge on any atom is -0.356 e. The summed E-state index contributed by atoms with van der Waals surface area (Å²) in [4.78, 5) is 17.5. The Hall–Kier alpha value is -2.52. The molecular weight excluding hydrogens is 329 g/mol. The third-order valence-corrected chi connectivity index (χ3v) is 4.79. The highest BCUT2D eigenvalue weighted by molar-refractivity contribution is 7.53. The first-order chi connectivity index (χ1) is 12.1. The number of H-pyrrole nitrogens is 1. The standard InChI is InChI=1S/C20H20N3OP/c1-3-7-17(25(21)24)10-14(2)19-13-23-20-18(19)11-16(12-22-20)15-8-5-4-6-9-15/h3-13,24H,1,21H2,2H3,(H,22,23)/b14-10+,17-7+. The number of hydrogen-bond acceptors (Lipinski definition) is 3. The summed E-state index contributed by atoms with van der Waals surface area (Å²) in [7, 11) is -1.68. The monoisotopic (exact) mass is 349 g/mol. The molecule has 3 rings (SSSR count). The second kappa shape index (κ2) is 7.58. The van der Waals surface area contributed by atoms with Gasteiger partial charge >= 0.3 is 0 Å². The zero-order valence-electron chi connectivity index (χ0n) is 14.0. The van der Waals surface area contributed by atoms with Crippen LogP contribution in [-0.4, -0.2) is 14.9 Å². The van der Waals surface area contributed by atoms with E-state index in [1.165, 1.54) is 0 Å². The first-order valence-electron chi connectivity index (χ1n) is 7.88. The van der Waals surface area contributed by atoms with E-state index < -0.39 is 8.30 Å². The zero-order chi connectivity index (χ0) is 17.8. The van der Waals surface area contributed by atoms with Crippen molar-refractivity contribution in [3.05, 3.63) is 84.5 Å². The smallest absolute Gasteiger partial charge is 0.137 e. The molecule has 0 bridgehead atoms. The normalized spacial score (nSPS) is 13.9. The fraction of sp³-hybridized carbons (Fsp3) is 0.0500. The Morgan fingerprint density at radius 2 is 2.04 bits per heavy atom. The van der Waals surface area contributed by atoms with E-state index in [0.717, 1.165) is 33.3 Å². The maximum absolute atomic E-state index is 9.76. The molecule has 1 atom stereocenters. The first kappa shape index (κ1) is 17.3. The van der Waals surface area contributed by atoms with Crippen LogP contribution in [0.5, 0.6) is 0 Å². The van der Waals surface area contributed by atoms with Crippen molar-refractivity contribution in [3.8, 4) is 11.1 Å². The van der Waals surface area contributed by atoms with E-state index in [1.54, 1.807) is 12.2 Å². The molecule has 4 nitrogen and oxygen atoms in total. The van der Waals surface area contributed by atoms with E-state index in [2.05, 4.69) is 34.7 Å². The van der Waals surface area contributed by atoms with Crippen molar-refractivity contribution >= 4 is 24.9 Å². The second-order valence-electron chi connectivity index (χ2n) is 5.69. The number of nitrogens with zero attached hydrogens (tertiary/aromatic N) is 1. The van der Waals surface area contributed by atoms with E-state index in [4.69, 9.17) is 5.50 Å². The third kappa shape index (κ3) is 3.77. The van der Waals surface area contributed by atoms with Gasteiger partial charge in [-0.05, 0) is 30.2 Å². The molecule has 0 saturated carbocycles. The predicted octanol–water partition coefficient (Wildman–Crippen LogP) is 4.97. The summed E-state index contributed by atoms with van der Waals surface area (Å²) in [5.41, 5.74) is 10.7. The average molecular weight is 349 g/mol. The van der Waals surface area contributed by atoms with Crippen LogP contribution in [0, 0.1) is 0 Å². The van der Waals surface area contributed by atoms with Gasteiger partial charge in [-0.2, -0.15) is 0 Å². The van der Waals surface area contributed by atoms with Gasteiger partial charge in [0.1, 0.15) is 13.9 Å². The fourth-order valence-electron chi connectivity index (χ4n) is 2.73. The van der Waals surface area contributed by atoms with Crippen LogP contribution in [0.3, 0.4) is 0 Å². The molecule has 126 valence electrons. The number of fused-ring (bicyclic) bond motifs is 1. The summed E-state index contributed by atoms with van der Waals surface area (Å²) in [5, 5.41) is 1.70. The minimum absolute atomic E-state index is 0.670. The molecule has 0 spiro atoms. The maximum Gasteiger partial charge on any atom is 0.137 e. The Labute approximate surface area is 148 Å². The van der Waals surface area contributed by atoms with Crippen molar-refractivity contribution in [3.63, 3.8) is 0 Å². The molecule has 0 fully saturated rings. The van der Waals surface area contributed by atoms with Gasteiger partial charge < -0.3 is 9.88 Å². The number of nitrogens with two attached hydrogens (primary N) is 1. The summed E-state index contributed by atoms with van der Waals surface area (Å²) in [6, 6.07) is 12.3. The maximum atomic E-state index is 9.76. The molecule has 0 aliphatic carbocycles. The quantitative estimate of drug-likeness (QED) is 0.450. The molecular formula is C20H20N3OP. The van der Waals surface area contributed by atoms with E-state index in [1.807, 2.05) is 43.6 Å². The van der Waals surface area contributed by atoms with Crippen molar-refractivity contribution < 1.29 is 4.89 Å². The van der Waals surface area contributed by atoms with Crippen molar-refractivity contribution in [2.75, 3.05) is 0 Å². The molecule has 0 saturated heterocycles. The molecule has 2 aromatic heterocycles. The molecule has 0 aliphatic heterocycles. The summed E-state index contributed by atoms with van der Waals surface area (Å²) in [6.45, 7) is 5.66. The molecule has 25 heavy (non-hydrogen) atoms.